The third-order valence-corrected chi connectivity index (χ3v) is 6.51. The Morgan fingerprint density at radius 1 is 1.12 bits per heavy atom. The maximum atomic E-state index is 12.3. The van der Waals surface area contributed by atoms with Crippen LogP contribution in [-0.4, -0.2) is 32.8 Å². The molecule has 25 heavy (non-hydrogen) atoms. The zero-order chi connectivity index (χ0) is 19.0. The lowest BCUT2D eigenvalue weighted by atomic mass is 10.1. The van der Waals surface area contributed by atoms with Crippen LogP contribution < -0.4 is 10.6 Å². The van der Waals surface area contributed by atoms with Crippen molar-refractivity contribution in [3.8, 4) is 0 Å². The fourth-order valence-corrected chi connectivity index (χ4v) is 4.45. The van der Waals surface area contributed by atoms with Crippen molar-refractivity contribution >= 4 is 43.1 Å². The number of sulfone groups is 1. The largest absolute Gasteiger partial charge is 0.288 e. The number of hydrogen-bond donors (Lipinski definition) is 2. The third kappa shape index (κ3) is 4.39. The Hall–Kier alpha value is -1.46. The maximum absolute atomic E-state index is 12.3. The smallest absolute Gasteiger partial charge is 0.222 e. The summed E-state index contributed by atoms with van der Waals surface area (Å²) in [5.41, 5.74) is -1.36. The van der Waals surface area contributed by atoms with Crippen molar-refractivity contribution in [2.75, 3.05) is 5.75 Å². The highest BCUT2D eigenvalue weighted by Crippen LogP contribution is 2.30. The van der Waals surface area contributed by atoms with Crippen molar-refractivity contribution in [3.63, 3.8) is 0 Å². The van der Waals surface area contributed by atoms with E-state index in [4.69, 9.17) is 28.3 Å². The van der Waals surface area contributed by atoms with E-state index in [1.165, 1.54) is 25.1 Å². The first kappa shape index (κ1) is 19.9. The molecule has 0 radical (unpaired) electrons. The molecule has 8 nitrogen and oxygen atoms in total. The van der Waals surface area contributed by atoms with Crippen LogP contribution in [0.2, 0.25) is 10.0 Å². The molecule has 1 unspecified atom stereocenters. The average molecular weight is 426 g/mol. The first-order chi connectivity index (χ1) is 11.5. The van der Waals surface area contributed by atoms with Crippen LogP contribution in [0, 0.1) is 0 Å². The zero-order valence-electron chi connectivity index (χ0n) is 12.7. The highest BCUT2D eigenvalue weighted by Gasteiger charge is 2.31. The van der Waals surface area contributed by atoms with E-state index in [1.54, 1.807) is 0 Å². The number of sulfonamides is 1. The summed E-state index contributed by atoms with van der Waals surface area (Å²) in [6.45, 7) is 1.39. The Morgan fingerprint density at radius 2 is 1.68 bits per heavy atom. The Labute approximate surface area is 153 Å². The summed E-state index contributed by atoms with van der Waals surface area (Å²) >= 11 is 11.7. The topological polar surface area (TPSA) is 140 Å². The Bertz CT molecular complexity index is 1060. The number of benzene rings is 1. The predicted molar refractivity (Wildman–Crippen MR) is 94.0 cm³/mol. The number of nitrogens with two attached hydrogens (primary N) is 1. The summed E-state index contributed by atoms with van der Waals surface area (Å²) in [5, 5.41) is 9.26. The monoisotopic (exact) mass is 425 g/mol. The van der Waals surface area contributed by atoms with E-state index < -0.39 is 41.3 Å². The molecule has 1 aromatic heterocycles. The van der Waals surface area contributed by atoms with Gasteiger partial charge in [0, 0.05) is 16.1 Å². The summed E-state index contributed by atoms with van der Waals surface area (Å²) in [4.78, 5) is 12.3. The molecular weight excluding hydrogens is 413 g/mol. The normalized spacial score (nSPS) is 13.6. The van der Waals surface area contributed by atoms with Crippen molar-refractivity contribution in [3.05, 3.63) is 55.8 Å². The lowest BCUT2D eigenvalue weighted by Crippen LogP contribution is -2.29. The molecule has 3 N–H and O–H groups in total. The molecule has 136 valence electrons. The number of H-pyrrole nitrogens is 1. The van der Waals surface area contributed by atoms with E-state index in [1.807, 2.05) is 0 Å². The number of aromatic nitrogens is 2. The van der Waals surface area contributed by atoms with E-state index in [2.05, 4.69) is 10.2 Å². The highest BCUT2D eigenvalue weighted by molar-refractivity contribution is 7.91. The van der Waals surface area contributed by atoms with Gasteiger partial charge < -0.3 is 0 Å². The molecular formula is C13H13Cl2N3O5S2. The van der Waals surface area contributed by atoms with Gasteiger partial charge >= 0.3 is 0 Å². The highest BCUT2D eigenvalue weighted by atomic mass is 35.5. The van der Waals surface area contributed by atoms with E-state index in [0.717, 1.165) is 6.07 Å². The van der Waals surface area contributed by atoms with E-state index >= 15 is 0 Å². The molecule has 0 saturated carbocycles. The van der Waals surface area contributed by atoms with Crippen LogP contribution in [0.3, 0.4) is 0 Å². The molecule has 0 aliphatic heterocycles. The number of rotatable bonds is 5. The Morgan fingerprint density at radius 3 is 2.12 bits per heavy atom. The molecule has 2 aromatic rings. The van der Waals surface area contributed by atoms with Gasteiger partial charge in [0.1, 0.15) is 10.9 Å². The number of aromatic amines is 1. The fourth-order valence-electron chi connectivity index (χ4n) is 2.13. The van der Waals surface area contributed by atoms with E-state index in [-0.39, 0.29) is 21.4 Å². The van der Waals surface area contributed by atoms with Crippen LogP contribution in [0.25, 0.3) is 0 Å². The molecule has 0 spiro atoms. The third-order valence-electron chi connectivity index (χ3n) is 3.28. The van der Waals surface area contributed by atoms with Crippen molar-refractivity contribution in [2.24, 2.45) is 5.14 Å². The number of hydrogen-bond acceptors (Lipinski definition) is 6. The average Bonchev–Trinajstić information content (AvgIpc) is 2.46. The van der Waals surface area contributed by atoms with Crippen molar-refractivity contribution in [1.82, 2.24) is 10.2 Å². The SMILES string of the molecule is CCS(=O)(=O)c1cc(=O)c(C(c2cc(Cl)cc(Cl)c2)S(N)(=O)=O)n[nH]1. The van der Waals surface area contributed by atoms with Crippen molar-refractivity contribution in [2.45, 2.75) is 17.2 Å². The maximum Gasteiger partial charge on any atom is 0.222 e. The molecule has 0 aliphatic carbocycles. The van der Waals surface area contributed by atoms with Crippen molar-refractivity contribution < 1.29 is 16.8 Å². The van der Waals surface area contributed by atoms with Gasteiger partial charge in [-0.1, -0.05) is 30.1 Å². The number of primary sulfonamides is 1. The minimum Gasteiger partial charge on any atom is -0.288 e. The van der Waals surface area contributed by atoms with E-state index in [0.29, 0.717) is 0 Å². The van der Waals surface area contributed by atoms with Crippen LogP contribution >= 0.6 is 23.2 Å². The molecule has 1 atom stereocenters. The van der Waals surface area contributed by atoms with Crippen LogP contribution in [0.4, 0.5) is 0 Å². The lowest BCUT2D eigenvalue weighted by Gasteiger charge is -2.15. The quantitative estimate of drug-likeness (QED) is 0.738. The molecule has 12 heteroatoms. The van der Waals surface area contributed by atoms with Crippen LogP contribution in [-0.2, 0) is 19.9 Å². The van der Waals surface area contributed by atoms with Crippen LogP contribution in [0.15, 0.2) is 34.1 Å². The predicted octanol–water partition coefficient (Wildman–Crippen LogP) is 1.25. The minimum absolute atomic E-state index is 0.0316. The number of nitrogens with one attached hydrogen (secondary N) is 1. The Balaban J connectivity index is 2.71. The van der Waals surface area contributed by atoms with E-state index in [9.17, 15) is 21.6 Å². The van der Waals surface area contributed by atoms with Crippen LogP contribution in [0.5, 0.6) is 0 Å². The van der Waals surface area contributed by atoms with Gasteiger partial charge in [0.15, 0.2) is 14.9 Å². The molecule has 1 heterocycles. The van der Waals surface area contributed by atoms with Gasteiger partial charge in [-0.2, -0.15) is 5.10 Å². The zero-order valence-corrected chi connectivity index (χ0v) is 15.9. The van der Waals surface area contributed by atoms with Crippen molar-refractivity contribution in [1.29, 1.82) is 0 Å². The van der Waals surface area contributed by atoms with Gasteiger partial charge in [-0.25, -0.2) is 22.0 Å². The van der Waals surface area contributed by atoms with Gasteiger partial charge in [0.25, 0.3) is 0 Å². The second-order valence-corrected chi connectivity index (χ2v) is 9.83. The first-order valence-electron chi connectivity index (χ1n) is 6.75. The van der Waals surface area contributed by atoms with Gasteiger partial charge in [0.05, 0.1) is 5.75 Å². The minimum atomic E-state index is -4.33. The molecule has 0 aliphatic rings. The first-order valence-corrected chi connectivity index (χ1v) is 10.8. The second kappa shape index (κ2) is 7.04. The van der Waals surface area contributed by atoms with Gasteiger partial charge in [-0.15, -0.1) is 0 Å². The molecule has 2 rings (SSSR count). The molecule has 0 fully saturated rings. The number of nitrogens with zero attached hydrogens (tertiary/aromatic N) is 1. The van der Waals surface area contributed by atoms with Gasteiger partial charge in [0.2, 0.25) is 15.5 Å². The summed E-state index contributed by atoms with van der Waals surface area (Å²) in [6.07, 6.45) is 0. The lowest BCUT2D eigenvalue weighted by molar-refractivity contribution is 0.586. The standard InChI is InChI=1S/C13H13Cl2N3O5S2/c1-2-24(20,21)11-6-10(19)12(18-17-11)13(25(16,22)23)7-3-8(14)5-9(15)4-7/h3-6,13H,2H2,1H3,(H,17,19)(H2,16,22,23). The Kier molecular flexibility index (Phi) is 5.59. The van der Waals surface area contributed by atoms with Gasteiger partial charge in [-0.05, 0) is 23.8 Å². The molecule has 0 saturated heterocycles. The summed E-state index contributed by atoms with van der Waals surface area (Å²) in [6, 6.07) is 4.70. The summed E-state index contributed by atoms with van der Waals surface area (Å²) in [7, 11) is -8.05. The fraction of sp³-hybridized carbons (Fsp3) is 0.231. The summed E-state index contributed by atoms with van der Waals surface area (Å²) in [5.74, 6) is -0.257. The summed E-state index contributed by atoms with van der Waals surface area (Å²) < 4.78 is 47.7. The molecule has 0 amide bonds. The van der Waals surface area contributed by atoms with Gasteiger partial charge in [-0.3, -0.25) is 9.89 Å². The molecule has 1 aromatic carbocycles. The number of halogens is 2. The van der Waals surface area contributed by atoms with Crippen LogP contribution in [0.1, 0.15) is 23.4 Å². The molecule has 0 bridgehead atoms. The second-order valence-electron chi connectivity index (χ2n) is 5.06.